The molecule has 1 heterocycles. The van der Waals surface area contributed by atoms with Crippen LogP contribution < -0.4 is 5.32 Å². The van der Waals surface area contributed by atoms with Gasteiger partial charge >= 0.3 is 0 Å². The number of nitrogens with one attached hydrogen (secondary N) is 1. The molecule has 1 rings (SSSR count). The smallest absolute Gasteiger partial charge is 0.224 e. The van der Waals surface area contributed by atoms with Gasteiger partial charge in [-0.25, -0.2) is 9.97 Å². The monoisotopic (exact) mass is 185 g/mol. The zero-order chi connectivity index (χ0) is 8.97. The van der Waals surface area contributed by atoms with Crippen molar-refractivity contribution in [2.75, 3.05) is 12.4 Å². The van der Waals surface area contributed by atoms with Crippen molar-refractivity contribution >= 4 is 17.5 Å². The van der Waals surface area contributed by atoms with Crippen molar-refractivity contribution in [2.24, 2.45) is 0 Å². The van der Waals surface area contributed by atoms with E-state index in [1.807, 2.05) is 0 Å². The third kappa shape index (κ3) is 2.34. The van der Waals surface area contributed by atoms with Gasteiger partial charge in [-0.2, -0.15) is 0 Å². The topological polar surface area (TPSA) is 37.8 Å². The fourth-order valence-corrected chi connectivity index (χ4v) is 1.17. The Labute approximate surface area is 77.2 Å². The molecule has 1 aromatic rings. The second kappa shape index (κ2) is 4.26. The van der Waals surface area contributed by atoms with E-state index in [1.165, 1.54) is 0 Å². The number of aromatic nitrogens is 2. The van der Waals surface area contributed by atoms with E-state index in [9.17, 15) is 0 Å². The van der Waals surface area contributed by atoms with Gasteiger partial charge in [-0.15, -0.1) is 0 Å². The first-order chi connectivity index (χ1) is 5.76. The average molecular weight is 186 g/mol. The fraction of sp³-hybridized carbons (Fsp3) is 0.500. The van der Waals surface area contributed by atoms with E-state index in [0.717, 1.165) is 18.5 Å². The summed E-state index contributed by atoms with van der Waals surface area (Å²) in [5, 5.41) is 3.36. The van der Waals surface area contributed by atoms with Gasteiger partial charge in [-0.3, -0.25) is 0 Å². The number of halogens is 1. The Morgan fingerprint density at radius 2 is 2.25 bits per heavy atom. The Morgan fingerprint density at radius 3 is 2.83 bits per heavy atom. The maximum atomic E-state index is 5.77. The summed E-state index contributed by atoms with van der Waals surface area (Å²) >= 11 is 5.77. The van der Waals surface area contributed by atoms with Gasteiger partial charge in [0.2, 0.25) is 5.95 Å². The highest BCUT2D eigenvalue weighted by Crippen LogP contribution is 2.10. The molecule has 0 spiro atoms. The van der Waals surface area contributed by atoms with Gasteiger partial charge in [0.15, 0.2) is 0 Å². The van der Waals surface area contributed by atoms with Gasteiger partial charge in [0.25, 0.3) is 0 Å². The Morgan fingerprint density at radius 1 is 1.50 bits per heavy atom. The first-order valence-corrected chi connectivity index (χ1v) is 4.35. The van der Waals surface area contributed by atoms with E-state index in [0.29, 0.717) is 11.1 Å². The molecule has 0 saturated carbocycles. The molecule has 3 nitrogen and oxygen atoms in total. The van der Waals surface area contributed by atoms with E-state index in [4.69, 9.17) is 11.6 Å². The van der Waals surface area contributed by atoms with Gasteiger partial charge in [-0.1, -0.05) is 24.9 Å². The molecule has 12 heavy (non-hydrogen) atoms. The van der Waals surface area contributed by atoms with Gasteiger partial charge in [0.1, 0.15) is 5.15 Å². The molecule has 66 valence electrons. The number of anilines is 1. The molecule has 0 fully saturated rings. The summed E-state index contributed by atoms with van der Waals surface area (Å²) in [7, 11) is 1.78. The van der Waals surface area contributed by atoms with Gasteiger partial charge in [0, 0.05) is 12.7 Å². The predicted molar refractivity (Wildman–Crippen MR) is 50.6 cm³/mol. The predicted octanol–water partition coefficient (Wildman–Crippen LogP) is 2.12. The minimum absolute atomic E-state index is 0.498. The van der Waals surface area contributed by atoms with Crippen LogP contribution in [0.1, 0.15) is 19.0 Å². The van der Waals surface area contributed by atoms with Gasteiger partial charge < -0.3 is 5.32 Å². The molecule has 0 aromatic carbocycles. The Kier molecular flexibility index (Phi) is 3.29. The molecule has 0 atom stereocenters. The van der Waals surface area contributed by atoms with Gasteiger partial charge in [-0.05, 0) is 12.5 Å². The van der Waals surface area contributed by atoms with Crippen molar-refractivity contribution in [1.82, 2.24) is 9.97 Å². The lowest BCUT2D eigenvalue weighted by molar-refractivity contribution is 0.874. The van der Waals surface area contributed by atoms with Crippen LogP contribution >= 0.6 is 11.6 Å². The summed E-state index contributed by atoms with van der Waals surface area (Å²) in [4.78, 5) is 8.21. The molecule has 0 aliphatic carbocycles. The Hall–Kier alpha value is -0.830. The lowest BCUT2D eigenvalue weighted by Gasteiger charge is -2.02. The molecule has 1 N–H and O–H groups in total. The van der Waals surface area contributed by atoms with Gasteiger partial charge in [0.05, 0.1) is 0 Å². The normalized spacial score (nSPS) is 9.92. The molecule has 0 bridgehead atoms. The molecular weight excluding hydrogens is 174 g/mol. The van der Waals surface area contributed by atoms with Crippen molar-refractivity contribution in [2.45, 2.75) is 19.8 Å². The molecular formula is C8H12ClN3. The number of hydrogen-bond acceptors (Lipinski definition) is 3. The Balaban J connectivity index is 2.90. The molecule has 0 saturated heterocycles. The molecule has 0 aliphatic rings. The second-order valence-electron chi connectivity index (χ2n) is 2.51. The molecule has 0 amide bonds. The maximum Gasteiger partial charge on any atom is 0.224 e. The van der Waals surface area contributed by atoms with Crippen LogP contribution in [0.4, 0.5) is 5.95 Å². The van der Waals surface area contributed by atoms with Crippen molar-refractivity contribution in [1.29, 1.82) is 0 Å². The van der Waals surface area contributed by atoms with Crippen LogP contribution in [0.2, 0.25) is 5.15 Å². The summed E-state index contributed by atoms with van der Waals surface area (Å²) in [6.07, 6.45) is 2.01. The third-order valence-electron chi connectivity index (χ3n) is 1.48. The van der Waals surface area contributed by atoms with Crippen molar-refractivity contribution in [3.05, 3.63) is 16.9 Å². The van der Waals surface area contributed by atoms with Crippen LogP contribution in [0, 0.1) is 0 Å². The highest BCUT2D eigenvalue weighted by Gasteiger charge is 1.99. The van der Waals surface area contributed by atoms with Crippen LogP contribution in [0.3, 0.4) is 0 Å². The molecule has 1 aromatic heterocycles. The molecule has 0 radical (unpaired) electrons. The quantitative estimate of drug-likeness (QED) is 0.734. The summed E-state index contributed by atoms with van der Waals surface area (Å²) in [6.45, 7) is 2.11. The van der Waals surface area contributed by atoms with Crippen molar-refractivity contribution in [3.8, 4) is 0 Å². The van der Waals surface area contributed by atoms with Crippen LogP contribution in [0.25, 0.3) is 0 Å². The number of hydrogen-bond donors (Lipinski definition) is 1. The first kappa shape index (κ1) is 9.26. The lowest BCUT2D eigenvalue weighted by Crippen LogP contribution is -1.99. The van der Waals surface area contributed by atoms with Crippen molar-refractivity contribution in [3.63, 3.8) is 0 Å². The SMILES string of the molecule is CCCc1cc(Cl)nc(NC)n1. The molecule has 0 aliphatic heterocycles. The summed E-state index contributed by atoms with van der Waals surface area (Å²) < 4.78 is 0. The number of rotatable bonds is 3. The maximum absolute atomic E-state index is 5.77. The standard InChI is InChI=1S/C8H12ClN3/c1-3-4-6-5-7(9)12-8(10-2)11-6/h5H,3-4H2,1-2H3,(H,10,11,12). The fourth-order valence-electron chi connectivity index (χ4n) is 0.960. The van der Waals surface area contributed by atoms with E-state index < -0.39 is 0 Å². The van der Waals surface area contributed by atoms with E-state index in [1.54, 1.807) is 13.1 Å². The lowest BCUT2D eigenvalue weighted by atomic mass is 10.2. The van der Waals surface area contributed by atoms with E-state index in [-0.39, 0.29) is 0 Å². The summed E-state index contributed by atoms with van der Waals surface area (Å²) in [6, 6.07) is 1.80. The highest BCUT2D eigenvalue weighted by molar-refractivity contribution is 6.29. The summed E-state index contributed by atoms with van der Waals surface area (Å²) in [5.74, 6) is 0.589. The average Bonchev–Trinajstić information content (AvgIpc) is 2.04. The van der Waals surface area contributed by atoms with Crippen LogP contribution in [-0.2, 0) is 6.42 Å². The van der Waals surface area contributed by atoms with E-state index >= 15 is 0 Å². The second-order valence-corrected chi connectivity index (χ2v) is 2.89. The third-order valence-corrected chi connectivity index (χ3v) is 1.67. The van der Waals surface area contributed by atoms with Crippen molar-refractivity contribution < 1.29 is 0 Å². The van der Waals surface area contributed by atoms with Crippen LogP contribution in [0.15, 0.2) is 6.07 Å². The minimum atomic E-state index is 0.498. The largest absolute Gasteiger partial charge is 0.357 e. The minimum Gasteiger partial charge on any atom is -0.357 e. The zero-order valence-electron chi connectivity index (χ0n) is 7.26. The Bertz CT molecular complexity index is 262. The van der Waals surface area contributed by atoms with Crippen LogP contribution in [0.5, 0.6) is 0 Å². The zero-order valence-corrected chi connectivity index (χ0v) is 8.02. The number of aryl methyl sites for hydroxylation is 1. The highest BCUT2D eigenvalue weighted by atomic mass is 35.5. The number of nitrogens with zero attached hydrogens (tertiary/aromatic N) is 2. The van der Waals surface area contributed by atoms with E-state index in [2.05, 4.69) is 22.2 Å². The molecule has 4 heteroatoms. The van der Waals surface area contributed by atoms with Crippen LogP contribution in [-0.4, -0.2) is 17.0 Å². The molecule has 0 unspecified atom stereocenters. The first-order valence-electron chi connectivity index (χ1n) is 3.97. The summed E-state index contributed by atoms with van der Waals surface area (Å²) in [5.41, 5.74) is 0.988.